The molecule has 1 N–H and O–H groups in total. The fourth-order valence-electron chi connectivity index (χ4n) is 1.27. The Morgan fingerprint density at radius 2 is 1.75 bits per heavy atom. The van der Waals surface area contributed by atoms with Crippen LogP contribution in [0.2, 0.25) is 10.0 Å². The highest BCUT2D eigenvalue weighted by Gasteiger charge is 2.02. The predicted octanol–water partition coefficient (Wildman–Crippen LogP) is 3.78. The third-order valence-corrected chi connectivity index (χ3v) is 2.52. The number of halogens is 2. The average Bonchev–Trinajstić information content (AvgIpc) is 2.30. The number of benzene rings is 1. The Balaban J connectivity index is 2.83. The number of fused-ring (bicyclic) bond motifs is 1. The van der Waals surface area contributed by atoms with Crippen LogP contribution in [-0.2, 0) is 0 Å². The molecule has 2 aromatic rings. The number of H-pyrrole nitrogens is 1. The molecular weight excluding hydrogens is 193 g/mol. The highest BCUT2D eigenvalue weighted by Crippen LogP contribution is 2.27. The van der Waals surface area contributed by atoms with Crippen molar-refractivity contribution in [1.82, 2.24) is 4.98 Å². The molecule has 0 bridgehead atoms. The highest BCUT2D eigenvalue weighted by atomic mass is 35.5. The number of hydrogen-bond acceptors (Lipinski definition) is 0. The SMILES string of the molecule is Cc1cc2cc(Cl)c(Cl)cc2[nH]1. The zero-order valence-electron chi connectivity index (χ0n) is 6.49. The molecule has 0 saturated carbocycles. The Morgan fingerprint density at radius 3 is 2.50 bits per heavy atom. The summed E-state index contributed by atoms with van der Waals surface area (Å²) >= 11 is 11.7. The minimum Gasteiger partial charge on any atom is -0.359 e. The van der Waals surface area contributed by atoms with Gasteiger partial charge in [0.1, 0.15) is 0 Å². The third kappa shape index (κ3) is 1.19. The van der Waals surface area contributed by atoms with Crippen LogP contribution < -0.4 is 0 Å². The second-order valence-electron chi connectivity index (χ2n) is 2.81. The maximum absolute atomic E-state index is 5.85. The highest BCUT2D eigenvalue weighted by molar-refractivity contribution is 6.42. The monoisotopic (exact) mass is 199 g/mol. The summed E-state index contributed by atoms with van der Waals surface area (Å²) in [5.74, 6) is 0. The number of aromatic amines is 1. The lowest BCUT2D eigenvalue weighted by atomic mass is 10.2. The number of aromatic nitrogens is 1. The van der Waals surface area contributed by atoms with Gasteiger partial charge in [-0.1, -0.05) is 23.2 Å². The van der Waals surface area contributed by atoms with Crippen LogP contribution in [-0.4, -0.2) is 4.98 Å². The zero-order chi connectivity index (χ0) is 8.72. The molecule has 1 aromatic carbocycles. The molecule has 12 heavy (non-hydrogen) atoms. The second kappa shape index (κ2) is 2.68. The molecule has 62 valence electrons. The molecule has 0 amide bonds. The van der Waals surface area contributed by atoms with E-state index in [0.29, 0.717) is 10.0 Å². The topological polar surface area (TPSA) is 15.8 Å². The molecule has 1 aromatic heterocycles. The van der Waals surface area contributed by atoms with Crippen LogP contribution in [0.25, 0.3) is 10.9 Å². The van der Waals surface area contributed by atoms with Gasteiger partial charge < -0.3 is 4.98 Å². The van der Waals surface area contributed by atoms with Gasteiger partial charge in [-0.05, 0) is 25.1 Å². The molecule has 0 spiro atoms. The summed E-state index contributed by atoms with van der Waals surface area (Å²) < 4.78 is 0. The molecule has 3 heteroatoms. The lowest BCUT2D eigenvalue weighted by Crippen LogP contribution is -1.70. The van der Waals surface area contributed by atoms with Crippen molar-refractivity contribution >= 4 is 34.1 Å². The van der Waals surface area contributed by atoms with Crippen LogP contribution in [0, 0.1) is 6.92 Å². The minimum absolute atomic E-state index is 0.589. The molecule has 0 fully saturated rings. The van der Waals surface area contributed by atoms with Gasteiger partial charge in [-0.2, -0.15) is 0 Å². The van der Waals surface area contributed by atoms with Crippen LogP contribution in [0.15, 0.2) is 18.2 Å². The summed E-state index contributed by atoms with van der Waals surface area (Å²) in [6.07, 6.45) is 0. The molecular formula is C9H7Cl2N. The number of rotatable bonds is 0. The fourth-order valence-corrected chi connectivity index (χ4v) is 1.61. The van der Waals surface area contributed by atoms with Crippen LogP contribution in [0.5, 0.6) is 0 Å². The summed E-state index contributed by atoms with van der Waals surface area (Å²) in [7, 11) is 0. The molecule has 0 unspecified atom stereocenters. The summed E-state index contributed by atoms with van der Waals surface area (Å²) in [6, 6.07) is 5.74. The van der Waals surface area contributed by atoms with E-state index in [-0.39, 0.29) is 0 Å². The van der Waals surface area contributed by atoms with Crippen molar-refractivity contribution in [3.8, 4) is 0 Å². The van der Waals surface area contributed by atoms with E-state index in [0.717, 1.165) is 16.6 Å². The molecule has 0 aliphatic rings. The Hall–Kier alpha value is -0.660. The van der Waals surface area contributed by atoms with Gasteiger partial charge in [-0.25, -0.2) is 0 Å². The third-order valence-electron chi connectivity index (χ3n) is 1.80. The van der Waals surface area contributed by atoms with Crippen molar-refractivity contribution in [2.24, 2.45) is 0 Å². The zero-order valence-corrected chi connectivity index (χ0v) is 8.00. The molecule has 1 nitrogen and oxygen atoms in total. The number of nitrogens with one attached hydrogen (secondary N) is 1. The van der Waals surface area contributed by atoms with Gasteiger partial charge in [0.2, 0.25) is 0 Å². The van der Waals surface area contributed by atoms with E-state index in [1.165, 1.54) is 0 Å². The first-order valence-corrected chi connectivity index (χ1v) is 4.37. The van der Waals surface area contributed by atoms with E-state index in [2.05, 4.69) is 4.98 Å². The lowest BCUT2D eigenvalue weighted by Gasteiger charge is -1.94. The first-order valence-electron chi connectivity index (χ1n) is 3.61. The van der Waals surface area contributed by atoms with Crippen LogP contribution >= 0.6 is 23.2 Å². The normalized spacial score (nSPS) is 10.9. The lowest BCUT2D eigenvalue weighted by molar-refractivity contribution is 1.30. The van der Waals surface area contributed by atoms with Crippen molar-refractivity contribution in [2.75, 3.05) is 0 Å². The largest absolute Gasteiger partial charge is 0.359 e. The molecule has 0 aliphatic heterocycles. The van der Waals surface area contributed by atoms with Crippen molar-refractivity contribution in [2.45, 2.75) is 6.92 Å². The van der Waals surface area contributed by atoms with E-state index >= 15 is 0 Å². The van der Waals surface area contributed by atoms with Gasteiger partial charge in [-0.3, -0.25) is 0 Å². The van der Waals surface area contributed by atoms with Gasteiger partial charge in [0.05, 0.1) is 10.0 Å². The van der Waals surface area contributed by atoms with E-state index in [1.54, 1.807) is 0 Å². The van der Waals surface area contributed by atoms with E-state index < -0.39 is 0 Å². The number of hydrogen-bond donors (Lipinski definition) is 1. The van der Waals surface area contributed by atoms with Gasteiger partial charge in [0.15, 0.2) is 0 Å². The van der Waals surface area contributed by atoms with E-state index in [4.69, 9.17) is 23.2 Å². The molecule has 2 rings (SSSR count). The van der Waals surface area contributed by atoms with Crippen molar-refractivity contribution in [1.29, 1.82) is 0 Å². The first kappa shape index (κ1) is 7.96. The minimum atomic E-state index is 0.589. The van der Waals surface area contributed by atoms with Crippen LogP contribution in [0.1, 0.15) is 5.69 Å². The Morgan fingerprint density at radius 1 is 1.08 bits per heavy atom. The van der Waals surface area contributed by atoms with Crippen molar-refractivity contribution in [3.63, 3.8) is 0 Å². The van der Waals surface area contributed by atoms with Crippen LogP contribution in [0.3, 0.4) is 0 Å². The second-order valence-corrected chi connectivity index (χ2v) is 3.62. The maximum atomic E-state index is 5.85. The standard InChI is InChI=1S/C9H7Cl2N/c1-5-2-6-3-7(10)8(11)4-9(6)12-5/h2-4,12H,1H3. The molecule has 0 atom stereocenters. The molecule has 0 radical (unpaired) electrons. The quantitative estimate of drug-likeness (QED) is 0.665. The Kier molecular flexibility index (Phi) is 1.78. The molecule has 0 aliphatic carbocycles. The summed E-state index contributed by atoms with van der Waals surface area (Å²) in [4.78, 5) is 3.18. The Bertz CT molecular complexity index is 392. The van der Waals surface area contributed by atoms with Gasteiger partial charge in [0, 0.05) is 16.6 Å². The smallest absolute Gasteiger partial charge is 0.0613 e. The average molecular weight is 200 g/mol. The van der Waals surface area contributed by atoms with Crippen LogP contribution in [0.4, 0.5) is 0 Å². The van der Waals surface area contributed by atoms with Crippen molar-refractivity contribution in [3.05, 3.63) is 33.9 Å². The van der Waals surface area contributed by atoms with Crippen molar-refractivity contribution < 1.29 is 0 Å². The summed E-state index contributed by atoms with van der Waals surface area (Å²) in [6.45, 7) is 2.00. The number of aryl methyl sites for hydroxylation is 1. The predicted molar refractivity (Wildman–Crippen MR) is 53.1 cm³/mol. The maximum Gasteiger partial charge on any atom is 0.0613 e. The summed E-state index contributed by atoms with van der Waals surface area (Å²) in [5.41, 5.74) is 2.14. The Labute approximate surface area is 80.3 Å². The van der Waals surface area contributed by atoms with Gasteiger partial charge >= 0.3 is 0 Å². The first-order chi connectivity index (χ1) is 5.66. The summed E-state index contributed by atoms with van der Waals surface area (Å²) in [5, 5.41) is 2.29. The van der Waals surface area contributed by atoms with E-state index in [1.807, 2.05) is 25.1 Å². The molecule has 1 heterocycles. The fraction of sp³-hybridized carbons (Fsp3) is 0.111. The van der Waals surface area contributed by atoms with E-state index in [9.17, 15) is 0 Å². The molecule has 0 saturated heterocycles. The van der Waals surface area contributed by atoms with Gasteiger partial charge in [0.25, 0.3) is 0 Å². The van der Waals surface area contributed by atoms with Gasteiger partial charge in [-0.15, -0.1) is 0 Å².